The molecule has 10 heteroatoms. The van der Waals surface area contributed by atoms with E-state index >= 15 is 0 Å². The fraction of sp³-hybridized carbons (Fsp3) is 0.200. The van der Waals surface area contributed by atoms with Gasteiger partial charge in [0.15, 0.2) is 0 Å². The standard InChI is InChI=1S/C10H7N5O5/c16-10-12-8-6(9-11-1-2-13(9)10)3-5(14(17)18)4-7(8)15(19)20/h3-4H,1-2H2,(H,12,16). The predicted molar refractivity (Wildman–Crippen MR) is 66.9 cm³/mol. The van der Waals surface area contributed by atoms with Crippen LogP contribution in [0.25, 0.3) is 0 Å². The lowest BCUT2D eigenvalue weighted by Crippen LogP contribution is -2.42. The molecule has 2 amide bonds. The van der Waals surface area contributed by atoms with Gasteiger partial charge in [-0.25, -0.2) is 4.79 Å². The highest BCUT2D eigenvalue weighted by Gasteiger charge is 2.37. The van der Waals surface area contributed by atoms with Crippen LogP contribution in [-0.2, 0) is 0 Å². The number of hydrogen-bond donors (Lipinski definition) is 1. The number of carbonyl (C=O) groups excluding carboxylic acids is 1. The van der Waals surface area contributed by atoms with Crippen LogP contribution in [0.15, 0.2) is 17.1 Å². The number of anilines is 1. The Morgan fingerprint density at radius 3 is 2.65 bits per heavy atom. The van der Waals surface area contributed by atoms with Gasteiger partial charge in [-0.2, -0.15) is 0 Å². The number of amidine groups is 1. The zero-order valence-electron chi connectivity index (χ0n) is 9.90. The molecule has 0 aromatic heterocycles. The van der Waals surface area contributed by atoms with Gasteiger partial charge < -0.3 is 5.32 Å². The minimum absolute atomic E-state index is 0.0532. The molecular formula is C10H7N5O5. The molecule has 0 unspecified atom stereocenters. The number of carbonyl (C=O) groups is 1. The maximum absolute atomic E-state index is 11.8. The molecule has 1 aromatic rings. The molecule has 0 saturated heterocycles. The lowest BCUT2D eigenvalue weighted by molar-refractivity contribution is -0.393. The quantitative estimate of drug-likeness (QED) is 0.638. The molecule has 2 aliphatic rings. The number of amides is 2. The van der Waals surface area contributed by atoms with Crippen molar-refractivity contribution in [2.24, 2.45) is 4.99 Å². The number of urea groups is 1. The van der Waals surface area contributed by atoms with Gasteiger partial charge in [0, 0.05) is 12.6 Å². The van der Waals surface area contributed by atoms with E-state index < -0.39 is 27.3 Å². The van der Waals surface area contributed by atoms with E-state index in [2.05, 4.69) is 10.3 Å². The van der Waals surface area contributed by atoms with Gasteiger partial charge in [-0.3, -0.25) is 30.1 Å². The Morgan fingerprint density at radius 1 is 1.25 bits per heavy atom. The third-order valence-corrected chi connectivity index (χ3v) is 3.07. The van der Waals surface area contributed by atoms with Crippen molar-refractivity contribution in [2.45, 2.75) is 0 Å². The molecule has 102 valence electrons. The van der Waals surface area contributed by atoms with E-state index in [1.807, 2.05) is 0 Å². The summed E-state index contributed by atoms with van der Waals surface area (Å²) >= 11 is 0. The minimum Gasteiger partial charge on any atom is -0.301 e. The molecule has 10 nitrogen and oxygen atoms in total. The summed E-state index contributed by atoms with van der Waals surface area (Å²) in [5.74, 6) is 0.232. The number of nitrogens with one attached hydrogen (secondary N) is 1. The van der Waals surface area contributed by atoms with Crippen LogP contribution < -0.4 is 5.32 Å². The number of hydrogen-bond acceptors (Lipinski definition) is 6. The van der Waals surface area contributed by atoms with Crippen LogP contribution in [0.5, 0.6) is 0 Å². The summed E-state index contributed by atoms with van der Waals surface area (Å²) in [5, 5.41) is 24.3. The zero-order valence-corrected chi connectivity index (χ0v) is 9.90. The molecule has 0 radical (unpaired) electrons. The van der Waals surface area contributed by atoms with Crippen LogP contribution in [0.4, 0.5) is 21.9 Å². The summed E-state index contributed by atoms with van der Waals surface area (Å²) < 4.78 is 0. The van der Waals surface area contributed by atoms with Gasteiger partial charge in [0.25, 0.3) is 11.4 Å². The first-order chi connectivity index (χ1) is 9.49. The molecule has 2 aliphatic heterocycles. The monoisotopic (exact) mass is 277 g/mol. The fourth-order valence-electron chi connectivity index (χ4n) is 2.22. The van der Waals surface area contributed by atoms with Crippen molar-refractivity contribution in [3.05, 3.63) is 37.9 Å². The Kier molecular flexibility index (Phi) is 2.39. The van der Waals surface area contributed by atoms with Crippen molar-refractivity contribution in [3.63, 3.8) is 0 Å². The summed E-state index contributed by atoms with van der Waals surface area (Å²) in [5.41, 5.74) is -0.788. The Labute approximate surface area is 111 Å². The topological polar surface area (TPSA) is 131 Å². The number of non-ortho nitro benzene ring substituents is 1. The molecular weight excluding hydrogens is 270 g/mol. The van der Waals surface area contributed by atoms with E-state index in [0.29, 0.717) is 13.1 Å². The van der Waals surface area contributed by atoms with E-state index in [1.165, 1.54) is 11.0 Å². The van der Waals surface area contributed by atoms with Crippen LogP contribution in [0.3, 0.4) is 0 Å². The average molecular weight is 277 g/mol. The fourth-order valence-corrected chi connectivity index (χ4v) is 2.22. The summed E-state index contributed by atoms with van der Waals surface area (Å²) in [6.07, 6.45) is 0. The van der Waals surface area contributed by atoms with Crippen molar-refractivity contribution < 1.29 is 14.6 Å². The smallest absolute Gasteiger partial charge is 0.301 e. The van der Waals surface area contributed by atoms with Crippen LogP contribution in [-0.4, -0.2) is 39.7 Å². The van der Waals surface area contributed by atoms with Crippen molar-refractivity contribution >= 4 is 28.9 Å². The van der Waals surface area contributed by atoms with Gasteiger partial charge in [0.2, 0.25) is 0 Å². The van der Waals surface area contributed by atoms with Gasteiger partial charge in [0.1, 0.15) is 11.5 Å². The summed E-state index contributed by atoms with van der Waals surface area (Å²) in [4.78, 5) is 37.6. The van der Waals surface area contributed by atoms with E-state index in [1.54, 1.807) is 0 Å². The first-order valence-electron chi connectivity index (χ1n) is 5.59. The number of nitro groups is 2. The highest BCUT2D eigenvalue weighted by molar-refractivity contribution is 6.20. The summed E-state index contributed by atoms with van der Waals surface area (Å²) in [7, 11) is 0. The van der Waals surface area contributed by atoms with Crippen LogP contribution in [0.1, 0.15) is 5.56 Å². The van der Waals surface area contributed by atoms with Crippen molar-refractivity contribution in [2.75, 3.05) is 18.4 Å². The molecule has 1 N–H and O–H groups in total. The highest BCUT2D eigenvalue weighted by atomic mass is 16.6. The van der Waals surface area contributed by atoms with Gasteiger partial charge in [-0.05, 0) is 0 Å². The highest BCUT2D eigenvalue weighted by Crippen LogP contribution is 2.37. The van der Waals surface area contributed by atoms with Crippen LogP contribution in [0.2, 0.25) is 0 Å². The molecule has 0 spiro atoms. The van der Waals surface area contributed by atoms with Crippen molar-refractivity contribution in [3.8, 4) is 0 Å². The van der Waals surface area contributed by atoms with Crippen LogP contribution >= 0.6 is 0 Å². The van der Waals surface area contributed by atoms with Crippen molar-refractivity contribution in [1.29, 1.82) is 0 Å². The first-order valence-corrected chi connectivity index (χ1v) is 5.59. The van der Waals surface area contributed by atoms with Crippen LogP contribution in [0, 0.1) is 20.2 Å². The average Bonchev–Trinajstić information content (AvgIpc) is 2.87. The van der Waals surface area contributed by atoms with Gasteiger partial charge in [0.05, 0.1) is 28.0 Å². The second-order valence-corrected chi connectivity index (χ2v) is 4.19. The van der Waals surface area contributed by atoms with E-state index in [0.717, 1.165) is 6.07 Å². The molecule has 0 aliphatic carbocycles. The second-order valence-electron chi connectivity index (χ2n) is 4.19. The largest absolute Gasteiger partial charge is 0.327 e. The molecule has 1 aromatic carbocycles. The molecule has 0 saturated carbocycles. The molecule has 20 heavy (non-hydrogen) atoms. The molecule has 2 heterocycles. The zero-order chi connectivity index (χ0) is 14.4. The van der Waals surface area contributed by atoms with Gasteiger partial charge >= 0.3 is 6.03 Å². The Morgan fingerprint density at radius 2 is 2.00 bits per heavy atom. The number of rotatable bonds is 2. The Hall–Kier alpha value is -3.04. The normalized spacial score (nSPS) is 16.1. The number of fused-ring (bicyclic) bond motifs is 3. The van der Waals surface area contributed by atoms with E-state index in [9.17, 15) is 25.0 Å². The molecule has 0 bridgehead atoms. The maximum atomic E-state index is 11.8. The maximum Gasteiger partial charge on any atom is 0.327 e. The SMILES string of the molecule is O=C1Nc2c(cc([N+](=O)[O-])cc2[N+](=O)[O-])C2=NCCN12. The Balaban J connectivity index is 2.28. The third kappa shape index (κ3) is 1.58. The number of aliphatic imine (C=N–C) groups is 1. The second kappa shape index (κ2) is 3.98. The van der Waals surface area contributed by atoms with Gasteiger partial charge in [-0.15, -0.1) is 0 Å². The minimum atomic E-state index is -0.767. The lowest BCUT2D eigenvalue weighted by atomic mass is 10.1. The number of benzene rings is 1. The number of nitrogens with zero attached hydrogens (tertiary/aromatic N) is 4. The lowest BCUT2D eigenvalue weighted by Gasteiger charge is -2.25. The molecule has 0 fully saturated rings. The molecule has 0 atom stereocenters. The van der Waals surface area contributed by atoms with E-state index in [-0.39, 0.29) is 17.1 Å². The third-order valence-electron chi connectivity index (χ3n) is 3.07. The predicted octanol–water partition coefficient (Wildman–Crippen LogP) is 1.11. The molecule has 3 rings (SSSR count). The van der Waals surface area contributed by atoms with Crippen molar-refractivity contribution in [1.82, 2.24) is 4.90 Å². The summed E-state index contributed by atoms with van der Waals surface area (Å²) in [6.45, 7) is 0.704. The Bertz CT molecular complexity index is 698. The number of nitro benzene ring substituents is 2. The summed E-state index contributed by atoms with van der Waals surface area (Å²) in [6, 6.07) is 1.48. The van der Waals surface area contributed by atoms with Gasteiger partial charge in [-0.1, -0.05) is 0 Å². The first kappa shape index (κ1) is 12.0. The van der Waals surface area contributed by atoms with E-state index in [4.69, 9.17) is 0 Å².